The molecule has 7 rings (SSSR count). The first kappa shape index (κ1) is 44.4. The lowest BCUT2D eigenvalue weighted by atomic mass is 9.84. The van der Waals surface area contributed by atoms with Crippen molar-refractivity contribution in [1.82, 2.24) is 35.2 Å². The number of ether oxygens (including phenoxy) is 2. The zero-order valence-corrected chi connectivity index (χ0v) is 36.2. The number of esters is 1. The van der Waals surface area contributed by atoms with E-state index in [1.165, 1.54) is 16.3 Å². The topological polar surface area (TPSA) is 131 Å². The van der Waals surface area contributed by atoms with Crippen molar-refractivity contribution in [1.29, 1.82) is 0 Å². The second kappa shape index (κ2) is 18.3. The van der Waals surface area contributed by atoms with Crippen LogP contribution in [-0.2, 0) is 38.4 Å². The van der Waals surface area contributed by atoms with Gasteiger partial charge in [-0.2, -0.15) is 40.5 Å². The Morgan fingerprint density at radius 1 is 1.18 bits per heavy atom. The van der Waals surface area contributed by atoms with Gasteiger partial charge in [0.05, 0.1) is 34.8 Å². The van der Waals surface area contributed by atoms with Gasteiger partial charge in [-0.25, -0.2) is 15.2 Å². The van der Waals surface area contributed by atoms with Gasteiger partial charge in [-0.3, -0.25) is 19.6 Å². The molecule has 3 aromatic heterocycles. The molecule has 3 aliphatic rings. The molecule has 1 saturated carbocycles. The SMILES string of the molecule is CCn1c(-c2cccnc2[C@H](C)OC)c2c3cc(ccc31)-c1csc(n1)C[C@H](NC(=O)N(C)C1CC1)C(=O)N1CCC[C@H](N1)C(=O)OCC(C)(C)C2.S.S.S. The maximum absolute atomic E-state index is 14.1. The van der Waals surface area contributed by atoms with E-state index in [0.29, 0.717) is 25.8 Å². The van der Waals surface area contributed by atoms with Crippen molar-refractivity contribution in [3.8, 4) is 22.5 Å². The fourth-order valence-corrected chi connectivity index (χ4v) is 8.29. The van der Waals surface area contributed by atoms with E-state index in [-0.39, 0.29) is 77.6 Å². The van der Waals surface area contributed by atoms with Crippen LogP contribution in [0.15, 0.2) is 41.9 Å². The number of hydrogen-bond acceptors (Lipinski definition) is 9. The number of urea groups is 1. The van der Waals surface area contributed by atoms with Gasteiger partial charge in [0.2, 0.25) is 0 Å². The molecular weight excluding hydrogens is 775 g/mol. The van der Waals surface area contributed by atoms with Gasteiger partial charge in [0.1, 0.15) is 12.1 Å². The number of fused-ring (bicyclic) bond motifs is 6. The molecule has 12 nitrogen and oxygen atoms in total. The first-order chi connectivity index (χ1) is 25.0. The zero-order valence-electron chi connectivity index (χ0n) is 32.4. The number of thiazole rings is 1. The molecule has 2 fully saturated rings. The number of pyridine rings is 1. The van der Waals surface area contributed by atoms with Crippen LogP contribution in [0.3, 0.4) is 0 Å². The molecule has 6 bridgehead atoms. The molecule has 5 heterocycles. The number of rotatable bonds is 6. The number of carbonyl (C=O) groups is 3. The van der Waals surface area contributed by atoms with Gasteiger partial charge >= 0.3 is 12.0 Å². The van der Waals surface area contributed by atoms with Gasteiger partial charge in [-0.05, 0) is 75.8 Å². The Labute approximate surface area is 348 Å². The molecule has 2 aliphatic heterocycles. The van der Waals surface area contributed by atoms with Crippen LogP contribution in [0.2, 0.25) is 0 Å². The summed E-state index contributed by atoms with van der Waals surface area (Å²) in [4.78, 5) is 52.4. The summed E-state index contributed by atoms with van der Waals surface area (Å²) in [6, 6.07) is 8.88. The molecule has 1 saturated heterocycles. The average Bonchev–Trinajstić information content (AvgIpc) is 3.83. The van der Waals surface area contributed by atoms with Crippen molar-refractivity contribution in [2.24, 2.45) is 5.41 Å². The average molecular weight is 830 g/mol. The Balaban J connectivity index is 0.00000224. The summed E-state index contributed by atoms with van der Waals surface area (Å²) < 4.78 is 14.2. The second-order valence-corrected chi connectivity index (χ2v) is 16.0. The molecule has 0 radical (unpaired) electrons. The maximum atomic E-state index is 14.1. The Kier molecular flexibility index (Phi) is 14.8. The lowest BCUT2D eigenvalue weighted by Gasteiger charge is -2.35. The van der Waals surface area contributed by atoms with Crippen LogP contribution in [-0.4, -0.2) is 87.8 Å². The molecule has 16 heteroatoms. The molecular formula is C39H55N7O5S4. The van der Waals surface area contributed by atoms with Gasteiger partial charge in [0, 0.05) is 78.7 Å². The van der Waals surface area contributed by atoms with Crippen LogP contribution in [0, 0.1) is 5.41 Å². The van der Waals surface area contributed by atoms with Gasteiger partial charge < -0.3 is 24.3 Å². The third kappa shape index (κ3) is 9.31. The number of methoxy groups -OCH3 is 1. The largest absolute Gasteiger partial charge is 0.464 e. The number of benzene rings is 1. The van der Waals surface area contributed by atoms with E-state index in [1.54, 1.807) is 25.3 Å². The number of aromatic nitrogens is 3. The lowest BCUT2D eigenvalue weighted by Crippen LogP contribution is -2.61. The van der Waals surface area contributed by atoms with E-state index in [9.17, 15) is 14.4 Å². The van der Waals surface area contributed by atoms with E-state index in [1.807, 2.05) is 18.4 Å². The van der Waals surface area contributed by atoms with E-state index in [2.05, 4.69) is 60.3 Å². The third-order valence-electron chi connectivity index (χ3n) is 10.6. The van der Waals surface area contributed by atoms with Gasteiger partial charge in [0.25, 0.3) is 5.91 Å². The van der Waals surface area contributed by atoms with Crippen LogP contribution in [0.5, 0.6) is 0 Å². The van der Waals surface area contributed by atoms with Crippen LogP contribution >= 0.6 is 51.8 Å². The van der Waals surface area contributed by atoms with Crippen molar-refractivity contribution in [3.05, 3.63) is 58.2 Å². The zero-order chi connectivity index (χ0) is 36.7. The summed E-state index contributed by atoms with van der Waals surface area (Å²) in [6.45, 7) is 9.73. The van der Waals surface area contributed by atoms with E-state index in [0.717, 1.165) is 69.1 Å². The highest BCUT2D eigenvalue weighted by molar-refractivity contribution is 7.59. The number of amides is 3. The fraction of sp³-hybridized carbons (Fsp3) is 0.513. The van der Waals surface area contributed by atoms with Crippen molar-refractivity contribution in [3.63, 3.8) is 0 Å². The minimum absolute atomic E-state index is 0. The molecule has 3 atom stereocenters. The number of nitrogens with one attached hydrogen (secondary N) is 2. The fourth-order valence-electron chi connectivity index (χ4n) is 7.44. The Bertz CT molecular complexity index is 2000. The number of cyclic esters (lactones) is 1. The number of aryl methyl sites for hydroxylation is 1. The highest BCUT2D eigenvalue weighted by atomic mass is 32.1. The van der Waals surface area contributed by atoms with Crippen molar-refractivity contribution in [2.45, 2.75) is 97.0 Å². The number of carbonyl (C=O) groups excluding carboxylic acids is 3. The molecule has 2 N–H and O–H groups in total. The van der Waals surface area contributed by atoms with Crippen molar-refractivity contribution in [2.75, 3.05) is 27.3 Å². The minimum atomic E-state index is -0.869. The van der Waals surface area contributed by atoms with Gasteiger partial charge in [-0.15, -0.1) is 11.3 Å². The second-order valence-electron chi connectivity index (χ2n) is 15.1. The molecule has 300 valence electrons. The van der Waals surface area contributed by atoms with E-state index >= 15 is 0 Å². The van der Waals surface area contributed by atoms with Crippen LogP contribution < -0.4 is 10.7 Å². The van der Waals surface area contributed by atoms with Gasteiger partial charge in [-0.1, -0.05) is 19.9 Å². The molecule has 0 spiro atoms. The summed E-state index contributed by atoms with van der Waals surface area (Å²) in [6.07, 6.45) is 5.51. The predicted molar refractivity (Wildman–Crippen MR) is 232 cm³/mol. The number of hydrogen-bond donors (Lipinski definition) is 2. The first-order valence-corrected chi connectivity index (χ1v) is 19.2. The normalized spacial score (nSPS) is 20.2. The third-order valence-corrected chi connectivity index (χ3v) is 11.4. The smallest absolute Gasteiger partial charge is 0.324 e. The lowest BCUT2D eigenvalue weighted by molar-refractivity contribution is -0.155. The highest BCUT2D eigenvalue weighted by Crippen LogP contribution is 2.42. The summed E-state index contributed by atoms with van der Waals surface area (Å²) in [7, 11) is 3.46. The van der Waals surface area contributed by atoms with Gasteiger partial charge in [0.15, 0.2) is 0 Å². The summed E-state index contributed by atoms with van der Waals surface area (Å²) in [5.41, 5.74) is 9.64. The van der Waals surface area contributed by atoms with Crippen LogP contribution in [0.4, 0.5) is 4.79 Å². The molecule has 3 amide bonds. The summed E-state index contributed by atoms with van der Waals surface area (Å²) in [5, 5.41) is 8.32. The highest BCUT2D eigenvalue weighted by Gasteiger charge is 2.37. The molecule has 0 unspecified atom stereocenters. The Morgan fingerprint density at radius 2 is 1.95 bits per heavy atom. The van der Waals surface area contributed by atoms with E-state index in [4.69, 9.17) is 19.4 Å². The standard InChI is InChI=1S/C39H49N7O5S.3H2S/c1-7-45-32-15-12-24-18-27(32)28(35(45)26-10-8-16-40-34(26)23(2)50-6)20-39(3,4)22-51-37(48)29-11-9-17-46(43-29)36(47)30(19-33-41-31(24)21-52-33)42-38(49)44(5)25-13-14-25;;;/h8,10,12,15-16,18,21,23,25,29-30,43H,7,9,11,13-14,17,19-20,22H2,1-6H3,(H,42,49);3*1H2/t23-,29-,30-;;;/m0.../s1. The number of hydrazine groups is 1. The molecule has 4 aromatic rings. The molecule has 1 aromatic carbocycles. The first-order valence-electron chi connectivity index (χ1n) is 18.3. The van der Waals surface area contributed by atoms with Crippen LogP contribution in [0.25, 0.3) is 33.4 Å². The Hall–Kier alpha value is -3.28. The van der Waals surface area contributed by atoms with Crippen LogP contribution in [0.1, 0.15) is 75.7 Å². The maximum Gasteiger partial charge on any atom is 0.324 e. The predicted octanol–water partition coefficient (Wildman–Crippen LogP) is 6.23. The van der Waals surface area contributed by atoms with E-state index < -0.39 is 23.5 Å². The number of nitrogens with zero attached hydrogens (tertiary/aromatic N) is 5. The molecule has 1 aliphatic carbocycles. The summed E-state index contributed by atoms with van der Waals surface area (Å²) >= 11 is 1.47. The monoisotopic (exact) mass is 829 g/mol. The van der Waals surface area contributed by atoms with Crippen molar-refractivity contribution < 1.29 is 23.9 Å². The van der Waals surface area contributed by atoms with Crippen molar-refractivity contribution >= 4 is 80.6 Å². The molecule has 55 heavy (non-hydrogen) atoms. The minimum Gasteiger partial charge on any atom is -0.464 e. The Morgan fingerprint density at radius 3 is 2.65 bits per heavy atom. The quantitative estimate of drug-likeness (QED) is 0.219. The summed E-state index contributed by atoms with van der Waals surface area (Å²) in [5.74, 6) is -0.697.